The van der Waals surface area contributed by atoms with E-state index >= 15 is 0 Å². The normalized spacial score (nSPS) is 12.9. The second kappa shape index (κ2) is 4.58. The molecule has 1 unspecified atom stereocenters. The van der Waals surface area contributed by atoms with Gasteiger partial charge >= 0.3 is 0 Å². The standard InChI is InChI=1S/C12H14N6/c1-9(12-14-8-15-17-12)13-6-10-7-18-5-3-2-4-11(18)16-10/h2-5,7-9,13H,6H2,1H3,(H,14,15,17). The Balaban J connectivity index is 1.69. The van der Waals surface area contributed by atoms with Crippen LogP contribution in [0.1, 0.15) is 24.5 Å². The first-order valence-corrected chi connectivity index (χ1v) is 5.84. The number of fused-ring (bicyclic) bond motifs is 1. The number of hydrogen-bond acceptors (Lipinski definition) is 4. The van der Waals surface area contributed by atoms with E-state index in [2.05, 4.69) is 25.5 Å². The molecule has 1 atom stereocenters. The molecule has 0 fully saturated rings. The summed E-state index contributed by atoms with van der Waals surface area (Å²) in [6, 6.07) is 6.08. The lowest BCUT2D eigenvalue weighted by Gasteiger charge is -2.08. The highest BCUT2D eigenvalue weighted by molar-refractivity contribution is 5.39. The predicted octanol–water partition coefficient (Wildman–Crippen LogP) is 1.30. The average molecular weight is 242 g/mol. The van der Waals surface area contributed by atoms with Gasteiger partial charge in [-0.2, -0.15) is 5.10 Å². The summed E-state index contributed by atoms with van der Waals surface area (Å²) in [6.45, 7) is 2.74. The fourth-order valence-corrected chi connectivity index (χ4v) is 1.85. The smallest absolute Gasteiger partial charge is 0.141 e. The van der Waals surface area contributed by atoms with E-state index in [0.29, 0.717) is 6.54 Å². The van der Waals surface area contributed by atoms with E-state index in [-0.39, 0.29) is 6.04 Å². The molecule has 0 aliphatic carbocycles. The highest BCUT2D eigenvalue weighted by Crippen LogP contribution is 2.08. The third kappa shape index (κ3) is 2.10. The third-order valence-electron chi connectivity index (χ3n) is 2.85. The highest BCUT2D eigenvalue weighted by atomic mass is 15.2. The van der Waals surface area contributed by atoms with Crippen LogP contribution in [0.15, 0.2) is 36.9 Å². The van der Waals surface area contributed by atoms with E-state index in [1.54, 1.807) is 0 Å². The first-order valence-electron chi connectivity index (χ1n) is 5.84. The van der Waals surface area contributed by atoms with Crippen molar-refractivity contribution in [3.8, 4) is 0 Å². The van der Waals surface area contributed by atoms with E-state index in [1.807, 2.05) is 41.9 Å². The first kappa shape index (κ1) is 10.9. The number of rotatable bonds is 4. The molecule has 6 nitrogen and oxygen atoms in total. The largest absolute Gasteiger partial charge is 0.307 e. The van der Waals surface area contributed by atoms with Crippen molar-refractivity contribution in [2.24, 2.45) is 0 Å². The SMILES string of the molecule is CC(NCc1cn2ccccc2n1)c1ncn[nH]1. The molecule has 0 aromatic carbocycles. The van der Waals surface area contributed by atoms with E-state index in [1.165, 1.54) is 6.33 Å². The van der Waals surface area contributed by atoms with Gasteiger partial charge in [0.1, 0.15) is 17.8 Å². The topological polar surface area (TPSA) is 70.9 Å². The minimum atomic E-state index is 0.123. The van der Waals surface area contributed by atoms with Crippen LogP contribution in [0.4, 0.5) is 0 Å². The van der Waals surface area contributed by atoms with E-state index in [0.717, 1.165) is 17.2 Å². The maximum atomic E-state index is 4.52. The van der Waals surface area contributed by atoms with Crippen molar-refractivity contribution in [3.63, 3.8) is 0 Å². The zero-order chi connectivity index (χ0) is 12.4. The molecule has 3 heterocycles. The van der Waals surface area contributed by atoms with Gasteiger partial charge in [-0.1, -0.05) is 6.07 Å². The summed E-state index contributed by atoms with van der Waals surface area (Å²) in [5, 5.41) is 10.0. The molecule has 0 spiro atoms. The monoisotopic (exact) mass is 242 g/mol. The van der Waals surface area contributed by atoms with Crippen LogP contribution in [0, 0.1) is 0 Å². The van der Waals surface area contributed by atoms with Crippen molar-refractivity contribution in [1.29, 1.82) is 0 Å². The minimum absolute atomic E-state index is 0.123. The molecule has 0 saturated heterocycles. The lowest BCUT2D eigenvalue weighted by Crippen LogP contribution is -2.19. The predicted molar refractivity (Wildman–Crippen MR) is 66.8 cm³/mol. The Hall–Kier alpha value is -2.21. The number of hydrogen-bond donors (Lipinski definition) is 2. The van der Waals surface area contributed by atoms with Gasteiger partial charge in [0, 0.05) is 18.9 Å². The number of imidazole rings is 1. The Bertz CT molecular complexity index is 594. The Morgan fingerprint density at radius 3 is 3.17 bits per heavy atom. The fourth-order valence-electron chi connectivity index (χ4n) is 1.85. The summed E-state index contributed by atoms with van der Waals surface area (Å²) in [5.74, 6) is 0.832. The van der Waals surface area contributed by atoms with Crippen LogP contribution in [0.25, 0.3) is 5.65 Å². The number of aromatic nitrogens is 5. The molecule has 6 heteroatoms. The van der Waals surface area contributed by atoms with Crippen molar-refractivity contribution in [2.45, 2.75) is 19.5 Å². The molecule has 3 rings (SSSR count). The van der Waals surface area contributed by atoms with Crippen LogP contribution in [-0.4, -0.2) is 24.6 Å². The molecule has 0 amide bonds. The molecule has 0 saturated carbocycles. The zero-order valence-electron chi connectivity index (χ0n) is 10.0. The Labute approximate surface area is 104 Å². The van der Waals surface area contributed by atoms with E-state index < -0.39 is 0 Å². The lowest BCUT2D eigenvalue weighted by atomic mass is 10.3. The first-order chi connectivity index (χ1) is 8.83. The summed E-state index contributed by atoms with van der Waals surface area (Å²) in [7, 11) is 0. The Kier molecular flexibility index (Phi) is 2.77. The molecule has 3 aromatic heterocycles. The van der Waals surface area contributed by atoms with Gasteiger partial charge in [0.15, 0.2) is 0 Å². The average Bonchev–Trinajstić information content (AvgIpc) is 3.04. The van der Waals surface area contributed by atoms with Gasteiger partial charge in [0.25, 0.3) is 0 Å². The third-order valence-corrected chi connectivity index (χ3v) is 2.85. The van der Waals surface area contributed by atoms with Gasteiger partial charge in [-0.05, 0) is 19.1 Å². The van der Waals surface area contributed by atoms with Crippen molar-refractivity contribution >= 4 is 5.65 Å². The van der Waals surface area contributed by atoms with Gasteiger partial charge in [-0.15, -0.1) is 0 Å². The molecule has 92 valence electrons. The molecular formula is C12H14N6. The van der Waals surface area contributed by atoms with Crippen molar-refractivity contribution in [1.82, 2.24) is 29.9 Å². The summed E-state index contributed by atoms with van der Waals surface area (Å²) in [5.41, 5.74) is 1.97. The van der Waals surface area contributed by atoms with Crippen LogP contribution < -0.4 is 5.32 Å². The number of nitrogens with zero attached hydrogens (tertiary/aromatic N) is 4. The maximum Gasteiger partial charge on any atom is 0.141 e. The Morgan fingerprint density at radius 2 is 2.39 bits per heavy atom. The second-order valence-corrected chi connectivity index (χ2v) is 4.17. The van der Waals surface area contributed by atoms with Gasteiger partial charge in [-0.25, -0.2) is 9.97 Å². The molecule has 0 bridgehead atoms. The van der Waals surface area contributed by atoms with Crippen LogP contribution in [0.5, 0.6) is 0 Å². The maximum absolute atomic E-state index is 4.52. The summed E-state index contributed by atoms with van der Waals surface area (Å²) >= 11 is 0. The van der Waals surface area contributed by atoms with Gasteiger partial charge in [0.2, 0.25) is 0 Å². The highest BCUT2D eigenvalue weighted by Gasteiger charge is 2.08. The quantitative estimate of drug-likeness (QED) is 0.723. The van der Waals surface area contributed by atoms with E-state index in [9.17, 15) is 0 Å². The van der Waals surface area contributed by atoms with Crippen LogP contribution in [0.2, 0.25) is 0 Å². The minimum Gasteiger partial charge on any atom is -0.307 e. The number of aromatic amines is 1. The van der Waals surface area contributed by atoms with Gasteiger partial charge in [0.05, 0.1) is 11.7 Å². The lowest BCUT2D eigenvalue weighted by molar-refractivity contribution is 0.543. The molecular weight excluding hydrogens is 228 g/mol. The van der Waals surface area contributed by atoms with Crippen LogP contribution >= 0.6 is 0 Å². The fraction of sp³-hybridized carbons (Fsp3) is 0.250. The zero-order valence-corrected chi connectivity index (χ0v) is 10.0. The molecule has 0 aliphatic rings. The number of H-pyrrole nitrogens is 1. The number of nitrogens with one attached hydrogen (secondary N) is 2. The van der Waals surface area contributed by atoms with Crippen molar-refractivity contribution in [3.05, 3.63) is 48.4 Å². The summed E-state index contributed by atoms with van der Waals surface area (Å²) in [6.07, 6.45) is 5.53. The number of pyridine rings is 1. The van der Waals surface area contributed by atoms with Gasteiger partial charge < -0.3 is 9.72 Å². The molecule has 0 aliphatic heterocycles. The van der Waals surface area contributed by atoms with Gasteiger partial charge in [-0.3, -0.25) is 5.10 Å². The van der Waals surface area contributed by atoms with E-state index in [4.69, 9.17) is 0 Å². The molecule has 2 N–H and O–H groups in total. The van der Waals surface area contributed by atoms with Crippen LogP contribution in [0.3, 0.4) is 0 Å². The Morgan fingerprint density at radius 1 is 1.44 bits per heavy atom. The van der Waals surface area contributed by atoms with Crippen LogP contribution in [-0.2, 0) is 6.54 Å². The van der Waals surface area contributed by atoms with Crippen molar-refractivity contribution < 1.29 is 0 Å². The second-order valence-electron chi connectivity index (χ2n) is 4.17. The molecule has 0 radical (unpaired) electrons. The summed E-state index contributed by atoms with van der Waals surface area (Å²) in [4.78, 5) is 8.64. The molecule has 18 heavy (non-hydrogen) atoms. The summed E-state index contributed by atoms with van der Waals surface area (Å²) < 4.78 is 2.01. The van der Waals surface area contributed by atoms with Crippen molar-refractivity contribution in [2.75, 3.05) is 0 Å². The molecule has 3 aromatic rings.